The minimum atomic E-state index is -1.51. The standard InChI is InChI=1S/C14H9F3N6S/c1-6-3-10(22(2)20-6)12-18-19-14-23(12)21-13(24-14)7-4-8(15)11(17)9(16)5-7/h3-5H,1-2H3. The van der Waals surface area contributed by atoms with Crippen LogP contribution in [-0.4, -0.2) is 29.6 Å². The van der Waals surface area contributed by atoms with Crippen molar-refractivity contribution < 1.29 is 13.2 Å². The molecular weight excluding hydrogens is 341 g/mol. The van der Waals surface area contributed by atoms with Gasteiger partial charge in [-0.3, -0.25) is 4.68 Å². The minimum Gasteiger partial charge on any atom is -0.264 e. The van der Waals surface area contributed by atoms with Crippen LogP contribution in [0.25, 0.3) is 27.1 Å². The van der Waals surface area contributed by atoms with Crippen LogP contribution < -0.4 is 0 Å². The average molecular weight is 350 g/mol. The fourth-order valence-corrected chi connectivity index (χ4v) is 3.22. The third kappa shape index (κ3) is 2.18. The molecule has 0 bridgehead atoms. The lowest BCUT2D eigenvalue weighted by atomic mass is 10.2. The van der Waals surface area contributed by atoms with E-state index in [1.807, 2.05) is 13.0 Å². The van der Waals surface area contributed by atoms with Gasteiger partial charge in [-0.15, -0.1) is 10.2 Å². The summed E-state index contributed by atoms with van der Waals surface area (Å²) in [5.74, 6) is -3.58. The number of hydrogen-bond donors (Lipinski definition) is 0. The van der Waals surface area contributed by atoms with E-state index < -0.39 is 17.5 Å². The third-order valence-corrected chi connectivity index (χ3v) is 4.40. The van der Waals surface area contributed by atoms with Gasteiger partial charge in [0.2, 0.25) is 10.8 Å². The molecule has 24 heavy (non-hydrogen) atoms. The molecule has 10 heteroatoms. The number of hydrogen-bond acceptors (Lipinski definition) is 5. The molecule has 3 aromatic heterocycles. The zero-order valence-corrected chi connectivity index (χ0v) is 13.3. The van der Waals surface area contributed by atoms with Crippen LogP contribution in [0.1, 0.15) is 5.69 Å². The molecule has 3 heterocycles. The summed E-state index contributed by atoms with van der Waals surface area (Å²) in [6.07, 6.45) is 0. The quantitative estimate of drug-likeness (QED) is 0.522. The fraction of sp³-hybridized carbons (Fsp3) is 0.143. The Balaban J connectivity index is 1.87. The fourth-order valence-electron chi connectivity index (χ4n) is 2.39. The first kappa shape index (κ1) is 14.8. The van der Waals surface area contributed by atoms with Crippen LogP contribution >= 0.6 is 11.3 Å². The summed E-state index contributed by atoms with van der Waals surface area (Å²) in [5.41, 5.74) is 1.64. The molecular formula is C14H9F3N6S. The van der Waals surface area contributed by atoms with Crippen LogP contribution in [0.4, 0.5) is 13.2 Å². The van der Waals surface area contributed by atoms with Gasteiger partial charge in [0.15, 0.2) is 17.5 Å². The predicted molar refractivity (Wildman–Crippen MR) is 80.9 cm³/mol. The molecule has 0 radical (unpaired) electrons. The van der Waals surface area contributed by atoms with Gasteiger partial charge < -0.3 is 0 Å². The third-order valence-electron chi connectivity index (χ3n) is 3.45. The normalized spacial score (nSPS) is 11.5. The molecule has 0 amide bonds. The molecule has 0 saturated carbocycles. The molecule has 0 fully saturated rings. The van der Waals surface area contributed by atoms with Gasteiger partial charge >= 0.3 is 0 Å². The van der Waals surface area contributed by atoms with Crippen molar-refractivity contribution in [3.8, 4) is 22.1 Å². The van der Waals surface area contributed by atoms with Crippen molar-refractivity contribution >= 4 is 16.3 Å². The number of nitrogens with zero attached hydrogens (tertiary/aromatic N) is 6. The van der Waals surface area contributed by atoms with E-state index in [2.05, 4.69) is 20.4 Å². The topological polar surface area (TPSA) is 60.9 Å². The number of halogens is 3. The van der Waals surface area contributed by atoms with Gasteiger partial charge in [-0.25, -0.2) is 13.2 Å². The monoisotopic (exact) mass is 350 g/mol. The molecule has 4 aromatic rings. The molecule has 0 aliphatic rings. The first-order chi connectivity index (χ1) is 11.4. The van der Waals surface area contributed by atoms with Crippen molar-refractivity contribution in [2.75, 3.05) is 0 Å². The molecule has 4 rings (SSSR count). The van der Waals surface area contributed by atoms with Gasteiger partial charge in [0.25, 0.3) is 0 Å². The number of rotatable bonds is 2. The molecule has 6 nitrogen and oxygen atoms in total. The molecule has 0 saturated heterocycles. The maximum absolute atomic E-state index is 13.4. The van der Waals surface area contributed by atoms with E-state index in [0.717, 1.165) is 29.2 Å². The first-order valence-electron chi connectivity index (χ1n) is 6.82. The molecule has 0 aliphatic heterocycles. The van der Waals surface area contributed by atoms with E-state index in [4.69, 9.17) is 0 Å². The molecule has 1 aromatic carbocycles. The Morgan fingerprint density at radius 3 is 2.33 bits per heavy atom. The first-order valence-corrected chi connectivity index (χ1v) is 7.64. The van der Waals surface area contributed by atoms with Gasteiger partial charge in [0.05, 0.1) is 5.69 Å². The van der Waals surface area contributed by atoms with Crippen LogP contribution in [0.2, 0.25) is 0 Å². The number of fused-ring (bicyclic) bond motifs is 1. The zero-order chi connectivity index (χ0) is 17.0. The Morgan fingerprint density at radius 2 is 1.71 bits per heavy atom. The Bertz CT molecular complexity index is 1060. The highest BCUT2D eigenvalue weighted by atomic mass is 32.1. The summed E-state index contributed by atoms with van der Waals surface area (Å²) in [6, 6.07) is 3.63. The Hall–Kier alpha value is -2.75. The largest absolute Gasteiger partial charge is 0.264 e. The highest BCUT2D eigenvalue weighted by molar-refractivity contribution is 7.19. The van der Waals surface area contributed by atoms with Crippen LogP contribution in [0, 0.1) is 24.4 Å². The van der Waals surface area contributed by atoms with E-state index in [1.165, 1.54) is 4.52 Å². The molecule has 0 spiro atoms. The summed E-state index contributed by atoms with van der Waals surface area (Å²) in [6.45, 7) is 1.85. The van der Waals surface area contributed by atoms with Crippen LogP contribution in [0.5, 0.6) is 0 Å². The van der Waals surface area contributed by atoms with Gasteiger partial charge in [0.1, 0.15) is 10.7 Å². The SMILES string of the molecule is Cc1cc(-c2nnc3sc(-c4cc(F)c(F)c(F)c4)nn23)n(C)n1. The summed E-state index contributed by atoms with van der Waals surface area (Å²) in [5, 5.41) is 16.9. The van der Waals surface area contributed by atoms with Gasteiger partial charge in [-0.1, -0.05) is 11.3 Å². The Kier molecular flexibility index (Phi) is 3.17. The number of benzene rings is 1. The Morgan fingerprint density at radius 1 is 1.00 bits per heavy atom. The van der Waals surface area contributed by atoms with Gasteiger partial charge in [0, 0.05) is 12.6 Å². The van der Waals surface area contributed by atoms with Crippen LogP contribution in [0.15, 0.2) is 18.2 Å². The lowest BCUT2D eigenvalue weighted by molar-refractivity contribution is 0.447. The van der Waals surface area contributed by atoms with Gasteiger partial charge in [-0.2, -0.15) is 14.7 Å². The molecule has 0 aliphatic carbocycles. The lowest BCUT2D eigenvalue weighted by Gasteiger charge is -1.99. The van der Waals surface area contributed by atoms with Crippen molar-refractivity contribution in [2.24, 2.45) is 7.05 Å². The molecule has 0 N–H and O–H groups in total. The van der Waals surface area contributed by atoms with Crippen molar-refractivity contribution in [3.05, 3.63) is 41.3 Å². The number of aromatic nitrogens is 6. The zero-order valence-electron chi connectivity index (χ0n) is 12.5. The lowest BCUT2D eigenvalue weighted by Crippen LogP contribution is -1.98. The summed E-state index contributed by atoms with van der Waals surface area (Å²) in [7, 11) is 1.77. The van der Waals surface area contributed by atoms with Crippen molar-refractivity contribution in [1.82, 2.24) is 29.6 Å². The van der Waals surface area contributed by atoms with E-state index in [0.29, 0.717) is 21.5 Å². The highest BCUT2D eigenvalue weighted by Crippen LogP contribution is 2.29. The van der Waals surface area contributed by atoms with Crippen molar-refractivity contribution in [1.29, 1.82) is 0 Å². The smallest absolute Gasteiger partial charge is 0.235 e. The van der Waals surface area contributed by atoms with Crippen LogP contribution in [-0.2, 0) is 7.05 Å². The maximum Gasteiger partial charge on any atom is 0.235 e. The van der Waals surface area contributed by atoms with Crippen LogP contribution in [0.3, 0.4) is 0 Å². The summed E-state index contributed by atoms with van der Waals surface area (Å²) < 4.78 is 43.1. The molecule has 0 atom stereocenters. The maximum atomic E-state index is 13.4. The average Bonchev–Trinajstić information content (AvgIpc) is 3.18. The molecule has 0 unspecified atom stereocenters. The van der Waals surface area contributed by atoms with E-state index >= 15 is 0 Å². The van der Waals surface area contributed by atoms with Crippen molar-refractivity contribution in [3.63, 3.8) is 0 Å². The van der Waals surface area contributed by atoms with Gasteiger partial charge in [-0.05, 0) is 25.1 Å². The second-order valence-corrected chi connectivity index (χ2v) is 6.13. The molecule has 122 valence electrons. The van der Waals surface area contributed by atoms with E-state index in [-0.39, 0.29) is 5.56 Å². The Labute approximate surface area is 137 Å². The second kappa shape index (κ2) is 5.13. The second-order valence-electron chi connectivity index (χ2n) is 5.17. The summed E-state index contributed by atoms with van der Waals surface area (Å²) >= 11 is 1.09. The van der Waals surface area contributed by atoms with Crippen molar-refractivity contribution in [2.45, 2.75) is 6.92 Å². The number of aryl methyl sites for hydroxylation is 2. The van der Waals surface area contributed by atoms with E-state index in [1.54, 1.807) is 11.7 Å². The highest BCUT2D eigenvalue weighted by Gasteiger charge is 2.19. The summed E-state index contributed by atoms with van der Waals surface area (Å²) in [4.78, 5) is 0.448. The predicted octanol–water partition coefficient (Wildman–Crippen LogP) is 2.98. The van der Waals surface area contributed by atoms with E-state index in [9.17, 15) is 13.2 Å². The minimum absolute atomic E-state index is 0.133.